The van der Waals surface area contributed by atoms with Crippen LogP contribution in [0.1, 0.15) is 35.8 Å². The van der Waals surface area contributed by atoms with E-state index < -0.39 is 17.3 Å². The van der Waals surface area contributed by atoms with E-state index >= 15 is 0 Å². The predicted octanol–water partition coefficient (Wildman–Crippen LogP) is 1.18. The van der Waals surface area contributed by atoms with Crippen LogP contribution in [-0.2, 0) is 4.79 Å². The smallest absolute Gasteiger partial charge is 0.311 e. The van der Waals surface area contributed by atoms with Crippen molar-refractivity contribution in [2.75, 3.05) is 18.0 Å². The number of carbonyl (C=O) groups excluding carboxylic acids is 1. The largest absolute Gasteiger partial charge is 0.481 e. The van der Waals surface area contributed by atoms with Crippen molar-refractivity contribution in [3.8, 4) is 0 Å². The Balaban J connectivity index is 2.38. The topological polar surface area (TPSA) is 96.5 Å². The Bertz CT molecular complexity index is 559. The molecule has 1 saturated heterocycles. The molecule has 0 spiro atoms. The number of carbonyl (C=O) groups is 2. The molecule has 1 aliphatic heterocycles. The molecule has 0 saturated carbocycles. The number of aliphatic carboxylic acids is 1. The summed E-state index contributed by atoms with van der Waals surface area (Å²) in [6, 6.07) is 3.37. The van der Waals surface area contributed by atoms with Gasteiger partial charge in [-0.05, 0) is 38.8 Å². The van der Waals surface area contributed by atoms with Crippen molar-refractivity contribution in [1.29, 1.82) is 0 Å². The van der Waals surface area contributed by atoms with Gasteiger partial charge in [0.05, 0.1) is 11.0 Å². The van der Waals surface area contributed by atoms with Gasteiger partial charge >= 0.3 is 5.97 Å². The van der Waals surface area contributed by atoms with Gasteiger partial charge in [0.1, 0.15) is 5.82 Å². The molecule has 2 rings (SSSR count). The molecule has 1 aromatic heterocycles. The van der Waals surface area contributed by atoms with Crippen molar-refractivity contribution >= 4 is 17.7 Å². The van der Waals surface area contributed by atoms with Crippen molar-refractivity contribution in [3.63, 3.8) is 0 Å². The second-order valence-corrected chi connectivity index (χ2v) is 5.58. The number of pyridine rings is 1. The number of aromatic nitrogens is 1. The summed E-state index contributed by atoms with van der Waals surface area (Å²) < 4.78 is 0. The Hall–Kier alpha value is -2.11. The fraction of sp³-hybridized carbons (Fsp3) is 0.500. The lowest BCUT2D eigenvalue weighted by Crippen LogP contribution is -2.47. The molecule has 0 aromatic carbocycles. The molecular formula is C14H19N3O3. The molecule has 1 amide bonds. The summed E-state index contributed by atoms with van der Waals surface area (Å²) in [5, 5.41) is 9.36. The highest BCUT2D eigenvalue weighted by Crippen LogP contribution is 2.33. The van der Waals surface area contributed by atoms with Crippen molar-refractivity contribution in [3.05, 3.63) is 23.4 Å². The van der Waals surface area contributed by atoms with E-state index in [1.807, 2.05) is 11.8 Å². The third-order valence-electron chi connectivity index (χ3n) is 3.79. The monoisotopic (exact) mass is 277 g/mol. The van der Waals surface area contributed by atoms with Gasteiger partial charge in [-0.25, -0.2) is 4.98 Å². The molecule has 1 aliphatic rings. The minimum atomic E-state index is -0.824. The molecule has 0 bridgehead atoms. The fourth-order valence-electron chi connectivity index (χ4n) is 2.57. The van der Waals surface area contributed by atoms with E-state index in [9.17, 15) is 14.7 Å². The molecule has 1 unspecified atom stereocenters. The van der Waals surface area contributed by atoms with Crippen molar-refractivity contribution in [2.45, 2.75) is 26.7 Å². The summed E-state index contributed by atoms with van der Waals surface area (Å²) in [5.74, 6) is -0.879. The Kier molecular flexibility index (Phi) is 3.65. The number of rotatable bonds is 3. The number of piperidine rings is 1. The predicted molar refractivity (Wildman–Crippen MR) is 74.7 cm³/mol. The van der Waals surface area contributed by atoms with Crippen molar-refractivity contribution < 1.29 is 14.7 Å². The van der Waals surface area contributed by atoms with E-state index in [0.717, 1.165) is 12.1 Å². The molecule has 108 valence electrons. The molecule has 20 heavy (non-hydrogen) atoms. The third-order valence-corrected chi connectivity index (χ3v) is 3.79. The summed E-state index contributed by atoms with van der Waals surface area (Å²) >= 11 is 0. The minimum Gasteiger partial charge on any atom is -0.481 e. The lowest BCUT2D eigenvalue weighted by Gasteiger charge is -2.38. The van der Waals surface area contributed by atoms with Crippen LogP contribution in [0.4, 0.5) is 5.82 Å². The van der Waals surface area contributed by atoms with Crippen LogP contribution >= 0.6 is 0 Å². The van der Waals surface area contributed by atoms with Crippen molar-refractivity contribution in [2.24, 2.45) is 11.1 Å². The average Bonchev–Trinajstić information content (AvgIpc) is 2.38. The summed E-state index contributed by atoms with van der Waals surface area (Å²) in [4.78, 5) is 29.1. The van der Waals surface area contributed by atoms with E-state index in [4.69, 9.17) is 5.73 Å². The highest BCUT2D eigenvalue weighted by molar-refractivity contribution is 5.97. The maximum atomic E-state index is 11.5. The summed E-state index contributed by atoms with van der Waals surface area (Å²) in [6.45, 7) is 4.56. The van der Waals surface area contributed by atoms with Gasteiger partial charge in [0, 0.05) is 18.8 Å². The van der Waals surface area contributed by atoms with Crippen molar-refractivity contribution in [1.82, 2.24) is 4.98 Å². The second-order valence-electron chi connectivity index (χ2n) is 5.58. The molecule has 6 heteroatoms. The normalized spacial score (nSPS) is 22.6. The van der Waals surface area contributed by atoms with Crippen LogP contribution in [0.5, 0.6) is 0 Å². The molecule has 0 radical (unpaired) electrons. The van der Waals surface area contributed by atoms with Gasteiger partial charge in [-0.3, -0.25) is 9.59 Å². The molecule has 1 atom stereocenters. The van der Waals surface area contributed by atoms with E-state index in [-0.39, 0.29) is 0 Å². The fourth-order valence-corrected chi connectivity index (χ4v) is 2.57. The first kappa shape index (κ1) is 14.3. The maximum absolute atomic E-state index is 11.5. The summed E-state index contributed by atoms with van der Waals surface area (Å²) in [5.41, 5.74) is 5.67. The number of hydrogen-bond acceptors (Lipinski definition) is 4. The number of carboxylic acid groups (broad SMARTS) is 1. The Labute approximate surface area is 117 Å². The number of primary amides is 1. The third kappa shape index (κ3) is 2.59. The lowest BCUT2D eigenvalue weighted by atomic mass is 9.82. The summed E-state index contributed by atoms with van der Waals surface area (Å²) in [7, 11) is 0. The van der Waals surface area contributed by atoms with Gasteiger partial charge in [-0.1, -0.05) is 0 Å². The Morgan fingerprint density at radius 1 is 1.45 bits per heavy atom. The average molecular weight is 277 g/mol. The molecule has 0 aliphatic carbocycles. The van der Waals surface area contributed by atoms with E-state index in [0.29, 0.717) is 30.9 Å². The first-order valence-electron chi connectivity index (χ1n) is 6.59. The molecular weight excluding hydrogens is 258 g/mol. The van der Waals surface area contributed by atoms with Crippen LogP contribution in [0, 0.1) is 12.3 Å². The summed E-state index contributed by atoms with van der Waals surface area (Å²) in [6.07, 6.45) is 1.37. The zero-order valence-electron chi connectivity index (χ0n) is 11.7. The van der Waals surface area contributed by atoms with Crippen LogP contribution < -0.4 is 10.6 Å². The highest BCUT2D eigenvalue weighted by Gasteiger charge is 2.39. The number of nitrogens with two attached hydrogens (primary N) is 1. The highest BCUT2D eigenvalue weighted by atomic mass is 16.4. The second kappa shape index (κ2) is 5.11. The molecule has 1 fully saturated rings. The van der Waals surface area contributed by atoms with Gasteiger partial charge in [0.2, 0.25) is 0 Å². The quantitative estimate of drug-likeness (QED) is 0.864. The van der Waals surface area contributed by atoms with Gasteiger partial charge in [0.15, 0.2) is 0 Å². The minimum absolute atomic E-state index is 0.332. The van der Waals surface area contributed by atoms with Gasteiger partial charge in [0.25, 0.3) is 5.91 Å². The van der Waals surface area contributed by atoms with E-state index in [1.165, 1.54) is 0 Å². The lowest BCUT2D eigenvalue weighted by molar-refractivity contribution is -0.148. The van der Waals surface area contributed by atoms with Crippen LogP contribution in [0.3, 0.4) is 0 Å². The van der Waals surface area contributed by atoms with Gasteiger partial charge in [-0.15, -0.1) is 0 Å². The number of hydrogen-bond donors (Lipinski definition) is 2. The molecule has 3 N–H and O–H groups in total. The van der Waals surface area contributed by atoms with Gasteiger partial charge in [-0.2, -0.15) is 0 Å². The standard InChI is InChI=1S/C14H19N3O3/c1-9-4-5-10(11(15)18)12(16-9)17-7-3-6-14(2,8-17)13(19)20/h4-5H,3,6-8H2,1-2H3,(H2,15,18)(H,19,20). The SMILES string of the molecule is Cc1ccc(C(N)=O)c(N2CCCC(C)(C(=O)O)C2)n1. The molecule has 1 aromatic rings. The van der Waals surface area contributed by atoms with E-state index in [2.05, 4.69) is 4.98 Å². The Morgan fingerprint density at radius 3 is 2.75 bits per heavy atom. The number of anilines is 1. The number of carboxylic acids is 1. The van der Waals surface area contributed by atoms with Gasteiger partial charge < -0.3 is 15.7 Å². The van der Waals surface area contributed by atoms with Crippen LogP contribution in [0.15, 0.2) is 12.1 Å². The maximum Gasteiger partial charge on any atom is 0.311 e. The van der Waals surface area contributed by atoms with E-state index in [1.54, 1.807) is 19.1 Å². The molecule has 2 heterocycles. The first-order valence-corrected chi connectivity index (χ1v) is 6.59. The number of nitrogens with zero attached hydrogens (tertiary/aromatic N) is 2. The number of amides is 1. The van der Waals surface area contributed by atoms with Crippen LogP contribution in [0.2, 0.25) is 0 Å². The molecule has 6 nitrogen and oxygen atoms in total. The van der Waals surface area contributed by atoms with Crippen LogP contribution in [0.25, 0.3) is 0 Å². The Morgan fingerprint density at radius 2 is 2.15 bits per heavy atom. The first-order chi connectivity index (χ1) is 9.33. The number of aryl methyl sites for hydroxylation is 1. The van der Waals surface area contributed by atoms with Crippen LogP contribution in [-0.4, -0.2) is 35.1 Å². The zero-order chi connectivity index (χ0) is 14.9. The zero-order valence-corrected chi connectivity index (χ0v) is 11.7.